The van der Waals surface area contributed by atoms with E-state index in [1.54, 1.807) is 14.2 Å². The van der Waals surface area contributed by atoms with Crippen molar-refractivity contribution in [3.8, 4) is 0 Å². The van der Waals surface area contributed by atoms with E-state index in [0.29, 0.717) is 13.2 Å². The molecule has 4 atom stereocenters. The summed E-state index contributed by atoms with van der Waals surface area (Å²) in [5.41, 5.74) is -0.367. The fraction of sp³-hybridized carbons (Fsp3) is 1.00. The van der Waals surface area contributed by atoms with Crippen molar-refractivity contribution in [1.82, 2.24) is 0 Å². The molecule has 0 amide bonds. The van der Waals surface area contributed by atoms with E-state index in [1.165, 1.54) is 0 Å². The van der Waals surface area contributed by atoms with E-state index < -0.39 is 0 Å². The topological polar surface area (TPSA) is 36.9 Å². The second-order valence-corrected chi connectivity index (χ2v) is 3.75. The largest absolute Gasteiger partial charge is 0.381 e. The summed E-state index contributed by atoms with van der Waals surface area (Å²) in [5, 5.41) is 0. The molecule has 0 aromatic carbocycles. The van der Waals surface area contributed by atoms with Crippen molar-refractivity contribution in [2.75, 3.05) is 27.4 Å². The predicted octanol–water partition coefficient (Wildman–Crippen LogP) is 0.204. The smallest absolute Gasteiger partial charge is 0.144 e. The molecule has 4 heteroatoms. The summed E-state index contributed by atoms with van der Waals surface area (Å²) in [6, 6.07) is 0. The highest BCUT2D eigenvalue weighted by Gasteiger charge is 2.60. The van der Waals surface area contributed by atoms with E-state index in [4.69, 9.17) is 18.9 Å². The van der Waals surface area contributed by atoms with Crippen LogP contribution in [-0.4, -0.2) is 51.3 Å². The van der Waals surface area contributed by atoms with Crippen molar-refractivity contribution < 1.29 is 18.9 Å². The Morgan fingerprint density at radius 3 is 2.77 bits per heavy atom. The molecule has 0 N–H and O–H groups in total. The Morgan fingerprint density at radius 1 is 1.46 bits per heavy atom. The molecule has 0 saturated carbocycles. The number of ether oxygens (including phenoxy) is 4. The lowest BCUT2D eigenvalue weighted by atomic mass is 10.00. The van der Waals surface area contributed by atoms with Crippen LogP contribution in [-0.2, 0) is 18.9 Å². The Labute approximate surface area is 78.1 Å². The summed E-state index contributed by atoms with van der Waals surface area (Å²) >= 11 is 0. The fourth-order valence-electron chi connectivity index (χ4n) is 2.38. The molecule has 2 saturated heterocycles. The van der Waals surface area contributed by atoms with Crippen molar-refractivity contribution in [1.29, 1.82) is 0 Å². The third-order valence-electron chi connectivity index (χ3n) is 2.86. The van der Waals surface area contributed by atoms with Crippen LogP contribution in [0.3, 0.4) is 0 Å². The van der Waals surface area contributed by atoms with Crippen LogP contribution in [0.1, 0.15) is 6.92 Å². The van der Waals surface area contributed by atoms with Gasteiger partial charge in [0.25, 0.3) is 0 Å². The molecule has 0 aromatic heterocycles. The highest BCUT2D eigenvalue weighted by atomic mass is 16.7. The molecular formula is C9H16O4. The van der Waals surface area contributed by atoms with Crippen LogP contribution in [0.2, 0.25) is 0 Å². The summed E-state index contributed by atoms with van der Waals surface area (Å²) in [6.45, 7) is 3.12. The van der Waals surface area contributed by atoms with E-state index in [0.717, 1.165) is 0 Å². The lowest BCUT2D eigenvalue weighted by molar-refractivity contribution is -0.161. The highest BCUT2D eigenvalue weighted by Crippen LogP contribution is 2.41. The van der Waals surface area contributed by atoms with Crippen molar-refractivity contribution in [2.45, 2.75) is 30.8 Å². The number of rotatable bonds is 3. The van der Waals surface area contributed by atoms with Gasteiger partial charge < -0.3 is 18.9 Å². The summed E-state index contributed by atoms with van der Waals surface area (Å²) in [7, 11) is 3.36. The maximum absolute atomic E-state index is 5.82. The van der Waals surface area contributed by atoms with Crippen LogP contribution in [0.5, 0.6) is 0 Å². The molecule has 0 aliphatic carbocycles. The van der Waals surface area contributed by atoms with Gasteiger partial charge in [-0.3, -0.25) is 0 Å². The summed E-state index contributed by atoms with van der Waals surface area (Å²) < 4.78 is 21.9. The van der Waals surface area contributed by atoms with Gasteiger partial charge in [0.15, 0.2) is 0 Å². The first-order valence-corrected chi connectivity index (χ1v) is 4.54. The molecule has 4 nitrogen and oxygen atoms in total. The predicted molar refractivity (Wildman–Crippen MR) is 45.7 cm³/mol. The van der Waals surface area contributed by atoms with Crippen LogP contribution in [0.4, 0.5) is 0 Å². The lowest BCUT2D eigenvalue weighted by Gasteiger charge is -2.29. The number of hydrogen-bond donors (Lipinski definition) is 0. The molecule has 2 aliphatic rings. The molecule has 13 heavy (non-hydrogen) atoms. The number of fused-ring (bicyclic) bond motifs is 2. The zero-order valence-corrected chi connectivity index (χ0v) is 8.28. The average molecular weight is 188 g/mol. The molecule has 76 valence electrons. The van der Waals surface area contributed by atoms with Gasteiger partial charge in [-0.2, -0.15) is 0 Å². The molecule has 3 unspecified atom stereocenters. The molecule has 2 rings (SSSR count). The van der Waals surface area contributed by atoms with Gasteiger partial charge in [-0.05, 0) is 6.92 Å². The van der Waals surface area contributed by atoms with E-state index in [9.17, 15) is 0 Å². The second kappa shape index (κ2) is 3.20. The summed E-state index contributed by atoms with van der Waals surface area (Å²) in [6.07, 6.45) is 0.191. The summed E-state index contributed by atoms with van der Waals surface area (Å²) in [5.74, 6) is 0. The fourth-order valence-corrected chi connectivity index (χ4v) is 2.38. The molecule has 0 radical (unpaired) electrons. The monoisotopic (exact) mass is 188 g/mol. The normalized spacial score (nSPS) is 48.7. The van der Waals surface area contributed by atoms with Gasteiger partial charge in [0.2, 0.25) is 0 Å². The van der Waals surface area contributed by atoms with E-state index in [2.05, 4.69) is 0 Å². The van der Waals surface area contributed by atoms with Gasteiger partial charge in [0.1, 0.15) is 17.8 Å². The molecule has 0 aromatic rings. The Balaban J connectivity index is 2.17. The third kappa shape index (κ3) is 1.21. The minimum atomic E-state index is -0.367. The Hall–Kier alpha value is -0.160. The first kappa shape index (κ1) is 9.40. The Kier molecular flexibility index (Phi) is 2.32. The van der Waals surface area contributed by atoms with Gasteiger partial charge in [-0.1, -0.05) is 0 Å². The quantitative estimate of drug-likeness (QED) is 0.634. The van der Waals surface area contributed by atoms with Crippen molar-refractivity contribution >= 4 is 0 Å². The number of methoxy groups -OCH3 is 2. The van der Waals surface area contributed by atoms with Crippen LogP contribution in [0.25, 0.3) is 0 Å². The Bertz CT molecular complexity index is 196. The van der Waals surface area contributed by atoms with Crippen LogP contribution in [0.15, 0.2) is 0 Å². The zero-order chi connectivity index (χ0) is 9.47. The molecule has 2 aliphatic heterocycles. The van der Waals surface area contributed by atoms with Gasteiger partial charge in [-0.25, -0.2) is 0 Å². The Morgan fingerprint density at radius 2 is 2.23 bits per heavy atom. The van der Waals surface area contributed by atoms with Gasteiger partial charge in [0.05, 0.1) is 19.3 Å². The van der Waals surface area contributed by atoms with Gasteiger partial charge in [0, 0.05) is 14.2 Å². The van der Waals surface area contributed by atoms with Crippen molar-refractivity contribution in [2.24, 2.45) is 0 Å². The first-order chi connectivity index (χ1) is 6.23. The first-order valence-electron chi connectivity index (χ1n) is 4.54. The maximum atomic E-state index is 5.82. The highest BCUT2D eigenvalue weighted by molar-refractivity contribution is 5.07. The van der Waals surface area contributed by atoms with Crippen LogP contribution < -0.4 is 0 Å². The SMILES string of the molecule is COCC12CO[C@H](C(C)O1)C2OC. The minimum absolute atomic E-state index is 0.0162. The molecular weight excluding hydrogens is 172 g/mol. The van der Waals surface area contributed by atoms with Gasteiger partial charge in [-0.15, -0.1) is 0 Å². The van der Waals surface area contributed by atoms with E-state index in [1.807, 2.05) is 6.92 Å². The standard InChI is InChI=1S/C9H16O4/c1-6-7-8(11-3)9(13-6,4-10-2)5-12-7/h6-8H,4-5H2,1-3H3/t6?,7-,8?,9?/m1/s1. The summed E-state index contributed by atoms with van der Waals surface area (Å²) in [4.78, 5) is 0. The van der Waals surface area contributed by atoms with Crippen molar-refractivity contribution in [3.05, 3.63) is 0 Å². The van der Waals surface area contributed by atoms with E-state index >= 15 is 0 Å². The minimum Gasteiger partial charge on any atom is -0.381 e. The molecule has 2 heterocycles. The molecule has 2 fully saturated rings. The maximum Gasteiger partial charge on any atom is 0.144 e. The van der Waals surface area contributed by atoms with Crippen LogP contribution in [0, 0.1) is 0 Å². The van der Waals surface area contributed by atoms with E-state index in [-0.39, 0.29) is 23.9 Å². The molecule has 2 bridgehead atoms. The van der Waals surface area contributed by atoms with Crippen LogP contribution >= 0.6 is 0 Å². The molecule has 0 spiro atoms. The zero-order valence-electron chi connectivity index (χ0n) is 8.28. The number of hydrogen-bond acceptors (Lipinski definition) is 4. The lowest BCUT2D eigenvalue weighted by Crippen LogP contribution is -2.45. The average Bonchev–Trinajstić information content (AvgIpc) is 2.55. The second-order valence-electron chi connectivity index (χ2n) is 3.75. The van der Waals surface area contributed by atoms with Gasteiger partial charge >= 0.3 is 0 Å². The third-order valence-corrected chi connectivity index (χ3v) is 2.86. The van der Waals surface area contributed by atoms with Crippen molar-refractivity contribution in [3.63, 3.8) is 0 Å².